The van der Waals surface area contributed by atoms with Crippen LogP contribution in [-0.4, -0.2) is 40.0 Å². The molecule has 0 saturated heterocycles. The van der Waals surface area contributed by atoms with Gasteiger partial charge in [0.25, 0.3) is 5.91 Å². The number of fused-ring (bicyclic) bond motifs is 1. The molecule has 1 aromatic heterocycles. The lowest BCUT2D eigenvalue weighted by molar-refractivity contribution is -0.142. The number of hydrogen-bond donors (Lipinski definition) is 1. The lowest BCUT2D eigenvalue weighted by Gasteiger charge is -2.23. The van der Waals surface area contributed by atoms with Crippen LogP contribution in [0.2, 0.25) is 0 Å². The molecule has 0 fully saturated rings. The third-order valence-electron chi connectivity index (χ3n) is 3.04. The third-order valence-corrected chi connectivity index (χ3v) is 3.83. The molecule has 2 aromatic rings. The van der Waals surface area contributed by atoms with Crippen LogP contribution in [0.5, 0.6) is 0 Å². The maximum Gasteiger partial charge on any atom is 0.326 e. The summed E-state index contributed by atoms with van der Waals surface area (Å²) >= 11 is 1.45. The van der Waals surface area contributed by atoms with Crippen LogP contribution in [0.4, 0.5) is 0 Å². The number of likely N-dealkylation sites (N-methyl/N-ethyl adjacent to an activating group) is 1. The number of carboxylic acid groups (broad SMARTS) is 1. The molecule has 1 atom stereocenters. The third kappa shape index (κ3) is 2.58. The van der Waals surface area contributed by atoms with Crippen molar-refractivity contribution in [3.8, 4) is 0 Å². The average molecular weight is 278 g/mol. The molecule has 0 bridgehead atoms. The monoisotopic (exact) mass is 278 g/mol. The van der Waals surface area contributed by atoms with Crippen molar-refractivity contribution in [2.45, 2.75) is 19.4 Å². The molecule has 1 aromatic carbocycles. The van der Waals surface area contributed by atoms with Crippen molar-refractivity contribution in [1.29, 1.82) is 0 Å². The van der Waals surface area contributed by atoms with Crippen molar-refractivity contribution in [2.24, 2.45) is 0 Å². The van der Waals surface area contributed by atoms with Crippen LogP contribution < -0.4 is 0 Å². The molecule has 1 unspecified atom stereocenters. The lowest BCUT2D eigenvalue weighted by atomic mass is 10.1. The van der Waals surface area contributed by atoms with E-state index in [-0.39, 0.29) is 5.91 Å². The van der Waals surface area contributed by atoms with Gasteiger partial charge in [-0.3, -0.25) is 4.79 Å². The van der Waals surface area contributed by atoms with Crippen molar-refractivity contribution in [2.75, 3.05) is 7.05 Å². The van der Waals surface area contributed by atoms with Gasteiger partial charge in [-0.05, 0) is 24.6 Å². The first-order valence-corrected chi connectivity index (χ1v) is 6.75. The van der Waals surface area contributed by atoms with E-state index in [1.54, 1.807) is 30.6 Å². The number of nitrogens with zero attached hydrogens (tertiary/aromatic N) is 2. The zero-order chi connectivity index (χ0) is 14.0. The van der Waals surface area contributed by atoms with Crippen molar-refractivity contribution in [3.05, 3.63) is 29.3 Å². The number of hydrogen-bond acceptors (Lipinski definition) is 4. The average Bonchev–Trinajstić information content (AvgIpc) is 2.85. The lowest BCUT2D eigenvalue weighted by Crippen LogP contribution is -2.41. The van der Waals surface area contributed by atoms with Crippen LogP contribution in [0.1, 0.15) is 23.7 Å². The van der Waals surface area contributed by atoms with Gasteiger partial charge in [-0.2, -0.15) is 0 Å². The summed E-state index contributed by atoms with van der Waals surface area (Å²) in [7, 11) is 1.52. The van der Waals surface area contributed by atoms with Crippen LogP contribution in [0.25, 0.3) is 10.2 Å². The highest BCUT2D eigenvalue weighted by molar-refractivity contribution is 7.16. The molecule has 0 spiro atoms. The number of rotatable bonds is 4. The van der Waals surface area contributed by atoms with Crippen LogP contribution in [-0.2, 0) is 4.79 Å². The van der Waals surface area contributed by atoms with E-state index in [4.69, 9.17) is 5.11 Å². The minimum atomic E-state index is -0.989. The fourth-order valence-corrected chi connectivity index (χ4v) is 2.66. The Morgan fingerprint density at radius 1 is 1.47 bits per heavy atom. The number of aromatic nitrogens is 1. The Morgan fingerprint density at radius 2 is 2.21 bits per heavy atom. The zero-order valence-electron chi connectivity index (χ0n) is 10.7. The van der Waals surface area contributed by atoms with E-state index in [1.165, 1.54) is 23.3 Å². The number of benzene rings is 1. The minimum Gasteiger partial charge on any atom is -0.480 e. The summed E-state index contributed by atoms with van der Waals surface area (Å²) < 4.78 is 0.919. The Bertz CT molecular complexity index is 623. The molecule has 0 radical (unpaired) electrons. The van der Waals surface area contributed by atoms with Gasteiger partial charge in [0.15, 0.2) is 0 Å². The molecule has 0 aliphatic rings. The van der Waals surface area contributed by atoms with E-state index >= 15 is 0 Å². The highest BCUT2D eigenvalue weighted by atomic mass is 32.1. The van der Waals surface area contributed by atoms with E-state index in [9.17, 15) is 9.59 Å². The Morgan fingerprint density at radius 3 is 2.84 bits per heavy atom. The Kier molecular flexibility index (Phi) is 3.80. The molecule has 100 valence electrons. The molecular formula is C13H14N2O3S. The van der Waals surface area contributed by atoms with Crippen LogP contribution in [0.3, 0.4) is 0 Å². The van der Waals surface area contributed by atoms with Crippen LogP contribution in [0, 0.1) is 0 Å². The van der Waals surface area contributed by atoms with Gasteiger partial charge in [-0.25, -0.2) is 9.78 Å². The first-order valence-electron chi connectivity index (χ1n) is 5.87. The summed E-state index contributed by atoms with van der Waals surface area (Å²) in [4.78, 5) is 28.8. The van der Waals surface area contributed by atoms with Crippen LogP contribution in [0.15, 0.2) is 23.7 Å². The number of thiazole rings is 1. The molecule has 0 saturated carbocycles. The molecule has 19 heavy (non-hydrogen) atoms. The maximum absolute atomic E-state index is 12.3. The molecular weight excluding hydrogens is 264 g/mol. The van der Waals surface area contributed by atoms with E-state index in [1.807, 2.05) is 0 Å². The second-order valence-corrected chi connectivity index (χ2v) is 5.10. The molecule has 5 nitrogen and oxygen atoms in total. The predicted molar refractivity (Wildman–Crippen MR) is 73.4 cm³/mol. The van der Waals surface area contributed by atoms with E-state index in [0.29, 0.717) is 12.0 Å². The van der Waals surface area contributed by atoms with E-state index < -0.39 is 12.0 Å². The second-order valence-electron chi connectivity index (χ2n) is 4.21. The molecule has 0 aliphatic carbocycles. The van der Waals surface area contributed by atoms with Gasteiger partial charge in [-0.1, -0.05) is 6.92 Å². The largest absolute Gasteiger partial charge is 0.480 e. The van der Waals surface area contributed by atoms with Crippen molar-refractivity contribution < 1.29 is 14.7 Å². The van der Waals surface area contributed by atoms with E-state index in [2.05, 4.69) is 4.98 Å². The van der Waals surface area contributed by atoms with Crippen molar-refractivity contribution in [1.82, 2.24) is 9.88 Å². The summed E-state index contributed by atoms with van der Waals surface area (Å²) in [6, 6.07) is 4.40. The van der Waals surface area contributed by atoms with Crippen molar-refractivity contribution in [3.63, 3.8) is 0 Å². The number of carbonyl (C=O) groups excluding carboxylic acids is 1. The normalized spacial score (nSPS) is 12.3. The van der Waals surface area contributed by atoms with E-state index in [0.717, 1.165) is 10.2 Å². The number of aliphatic carboxylic acids is 1. The summed E-state index contributed by atoms with van der Waals surface area (Å²) in [6.07, 6.45) is 0.375. The fourth-order valence-electron chi connectivity index (χ4n) is 1.95. The Hall–Kier alpha value is -1.95. The SMILES string of the molecule is CCC(C(=O)O)N(C)C(=O)c1ccc2ncsc2c1. The highest BCUT2D eigenvalue weighted by Gasteiger charge is 2.25. The topological polar surface area (TPSA) is 70.5 Å². The molecule has 1 amide bonds. The zero-order valence-corrected chi connectivity index (χ0v) is 11.5. The van der Waals surface area contributed by atoms with Gasteiger partial charge in [0.2, 0.25) is 0 Å². The number of carboxylic acids is 1. The summed E-state index contributed by atoms with van der Waals surface area (Å²) in [5.74, 6) is -1.28. The smallest absolute Gasteiger partial charge is 0.326 e. The Labute approximate surface area is 114 Å². The van der Waals surface area contributed by atoms with Crippen LogP contribution >= 0.6 is 11.3 Å². The Balaban J connectivity index is 2.29. The quantitative estimate of drug-likeness (QED) is 0.931. The molecule has 0 aliphatic heterocycles. The molecule has 2 rings (SSSR count). The maximum atomic E-state index is 12.3. The number of amides is 1. The minimum absolute atomic E-state index is 0.287. The van der Waals surface area contributed by atoms with Gasteiger partial charge in [-0.15, -0.1) is 11.3 Å². The first kappa shape index (κ1) is 13.5. The number of carbonyl (C=O) groups is 2. The molecule has 6 heteroatoms. The fraction of sp³-hybridized carbons (Fsp3) is 0.308. The van der Waals surface area contributed by atoms with Gasteiger partial charge >= 0.3 is 5.97 Å². The standard InChI is InChI=1S/C13H14N2O3S/c1-3-10(13(17)18)15(2)12(16)8-4-5-9-11(6-8)19-7-14-9/h4-7,10H,3H2,1-2H3,(H,17,18). The molecule has 1 N–H and O–H groups in total. The second kappa shape index (κ2) is 5.36. The van der Waals surface area contributed by atoms with Crippen molar-refractivity contribution >= 4 is 33.4 Å². The van der Waals surface area contributed by atoms with Gasteiger partial charge in [0.1, 0.15) is 6.04 Å². The summed E-state index contributed by atoms with van der Waals surface area (Å²) in [6.45, 7) is 1.74. The molecule has 1 heterocycles. The predicted octanol–water partition coefficient (Wildman–Crippen LogP) is 2.23. The van der Waals surface area contributed by atoms with Gasteiger partial charge in [0.05, 0.1) is 15.7 Å². The first-order chi connectivity index (χ1) is 9.04. The summed E-state index contributed by atoms with van der Waals surface area (Å²) in [5, 5.41) is 9.08. The highest BCUT2D eigenvalue weighted by Crippen LogP contribution is 2.20. The van der Waals surface area contributed by atoms with Gasteiger partial charge < -0.3 is 10.0 Å². The van der Waals surface area contributed by atoms with Gasteiger partial charge in [0, 0.05) is 12.6 Å². The summed E-state index contributed by atoms with van der Waals surface area (Å²) in [5.41, 5.74) is 3.04.